The van der Waals surface area contributed by atoms with E-state index in [4.69, 9.17) is 10.8 Å². The molecule has 127 valence electrons. The molecule has 2 aromatic rings. The molecule has 0 saturated heterocycles. The molecule has 23 heavy (non-hydrogen) atoms. The molecule has 0 aliphatic heterocycles. The molecule has 2 rings (SSSR count). The minimum Gasteiger partial charge on any atom is -0.753 e. The minimum absolute atomic E-state index is 0. The van der Waals surface area contributed by atoms with Gasteiger partial charge in [0, 0.05) is 37.2 Å². The second kappa shape index (κ2) is 28.4. The first kappa shape index (κ1) is 33.0. The van der Waals surface area contributed by atoms with Crippen molar-refractivity contribution in [1.82, 2.24) is 19.9 Å². The first-order valence-electron chi connectivity index (χ1n) is 5.10. The van der Waals surface area contributed by atoms with Gasteiger partial charge in [-0.05, 0) is 13.8 Å². The molecule has 0 aromatic carbocycles. The standard InChI is InChI=1S/2C5H6N2.2CNS.Co.2H2O/c2*1-5-4-6-2-3-7-5;2*2-1-3;;;/h2*2-4H,1H3;;;;2*1H2/q;;2*-1;+2;;/p+2. The van der Waals surface area contributed by atoms with E-state index in [2.05, 4.69) is 44.4 Å². The Morgan fingerprint density at radius 1 is 0.783 bits per heavy atom. The molecule has 0 spiro atoms. The van der Waals surface area contributed by atoms with E-state index in [-0.39, 0.29) is 27.7 Å². The van der Waals surface area contributed by atoms with Gasteiger partial charge >= 0.3 is 16.8 Å². The van der Waals surface area contributed by atoms with E-state index in [1.54, 1.807) is 37.2 Å². The van der Waals surface area contributed by atoms with Crippen LogP contribution >= 0.6 is 24.4 Å². The third-order valence-corrected chi connectivity index (χ3v) is 1.38. The third kappa shape index (κ3) is 33.2. The fourth-order valence-electron chi connectivity index (χ4n) is 0.747. The van der Waals surface area contributed by atoms with Crippen LogP contribution in [0.15, 0.2) is 37.2 Å². The summed E-state index contributed by atoms with van der Waals surface area (Å²) in [4.78, 5) is 15.5. The second-order valence-electron chi connectivity index (χ2n) is 2.88. The topological polar surface area (TPSA) is 162 Å². The van der Waals surface area contributed by atoms with Crippen molar-refractivity contribution >= 4 is 34.8 Å². The quantitative estimate of drug-likeness (QED) is 0.364. The van der Waals surface area contributed by atoms with Gasteiger partial charge in [-0.3, -0.25) is 19.9 Å². The Balaban J connectivity index is -0.0000000645. The van der Waals surface area contributed by atoms with Crippen molar-refractivity contribution in [3.05, 3.63) is 59.4 Å². The number of thiocarbonyl (C=S) groups is 2. The Morgan fingerprint density at radius 3 is 1.13 bits per heavy atom. The van der Waals surface area contributed by atoms with Crippen molar-refractivity contribution in [2.75, 3.05) is 0 Å². The zero-order valence-electron chi connectivity index (χ0n) is 12.5. The summed E-state index contributed by atoms with van der Waals surface area (Å²) in [6.45, 7) is 3.82. The molecule has 0 amide bonds. The van der Waals surface area contributed by atoms with Crippen molar-refractivity contribution in [1.29, 1.82) is 0 Å². The van der Waals surface area contributed by atoms with Gasteiger partial charge < -0.3 is 21.8 Å². The van der Waals surface area contributed by atoms with E-state index in [0.29, 0.717) is 0 Å². The van der Waals surface area contributed by atoms with Gasteiger partial charge in [-0.25, -0.2) is 0 Å². The van der Waals surface area contributed by atoms with Gasteiger partial charge in [0.2, 0.25) is 0 Å². The molecule has 2 aromatic heterocycles. The molecular weight excluding hydrogens is 383 g/mol. The van der Waals surface area contributed by atoms with Crippen LogP contribution in [0.3, 0.4) is 0 Å². The monoisotopic (exact) mass is 401 g/mol. The van der Waals surface area contributed by atoms with Gasteiger partial charge in [0.1, 0.15) is 0 Å². The van der Waals surface area contributed by atoms with Crippen LogP contribution in [0.2, 0.25) is 0 Å². The molecule has 0 saturated carbocycles. The number of rotatable bonds is 0. The van der Waals surface area contributed by atoms with E-state index in [1.165, 1.54) is 10.3 Å². The number of aryl methyl sites for hydroxylation is 2. The zero-order chi connectivity index (χ0) is 15.6. The average molecular weight is 401 g/mol. The summed E-state index contributed by atoms with van der Waals surface area (Å²) in [5, 5.41) is 16.9. The summed E-state index contributed by atoms with van der Waals surface area (Å²) in [6, 6.07) is 0. The number of aromatic nitrogens is 4. The molecule has 8 nitrogen and oxygen atoms in total. The van der Waals surface area contributed by atoms with Crippen LogP contribution < -0.4 is 0 Å². The maximum atomic E-state index is 7.13. The van der Waals surface area contributed by atoms with Gasteiger partial charge in [0.15, 0.2) is 0 Å². The van der Waals surface area contributed by atoms with E-state index in [0.717, 1.165) is 11.4 Å². The molecule has 0 atom stereocenters. The molecular formula is C12H18CoN6O2S2+2. The molecule has 0 fully saturated rings. The molecule has 0 bridgehead atoms. The predicted molar refractivity (Wildman–Crippen MR) is 95.2 cm³/mol. The van der Waals surface area contributed by atoms with Crippen molar-refractivity contribution in [3.63, 3.8) is 0 Å². The number of isothiocyanates is 2. The smallest absolute Gasteiger partial charge is 0.753 e. The normalized spacial score (nSPS) is 6.00. The first-order chi connectivity index (χ1) is 9.62. The van der Waals surface area contributed by atoms with Crippen molar-refractivity contribution in [2.24, 2.45) is 0 Å². The Labute approximate surface area is 155 Å². The van der Waals surface area contributed by atoms with E-state index < -0.39 is 0 Å². The second-order valence-corrected chi connectivity index (χ2v) is 3.24. The van der Waals surface area contributed by atoms with Crippen molar-refractivity contribution in [3.8, 4) is 0 Å². The zero-order valence-corrected chi connectivity index (χ0v) is 15.1. The summed E-state index contributed by atoms with van der Waals surface area (Å²) in [5.41, 5.74) is 1.92. The van der Waals surface area contributed by atoms with Gasteiger partial charge in [-0.15, -0.1) is 0 Å². The molecule has 0 aliphatic rings. The third-order valence-electron chi connectivity index (χ3n) is 1.38. The van der Waals surface area contributed by atoms with Crippen LogP contribution in [0.1, 0.15) is 11.4 Å². The summed E-state index contributed by atoms with van der Waals surface area (Å²) < 4.78 is 0. The summed E-state index contributed by atoms with van der Waals surface area (Å²) in [7, 11) is 0. The van der Waals surface area contributed by atoms with Crippen LogP contribution in [0.25, 0.3) is 10.8 Å². The largest absolute Gasteiger partial charge is 2.00 e. The molecule has 1 radical (unpaired) electrons. The van der Waals surface area contributed by atoms with Crippen LogP contribution in [0, 0.1) is 13.8 Å². The molecule has 0 aliphatic carbocycles. The SMILES string of the molecule is Cc1cnccn1.Cc1cnccn1.[Co+2].[N-]=C=S.[N-]=C=S.[OH3+].[OH3+]. The van der Waals surface area contributed by atoms with Crippen LogP contribution in [-0.2, 0) is 27.7 Å². The van der Waals surface area contributed by atoms with Crippen LogP contribution in [0.5, 0.6) is 0 Å². The fourth-order valence-corrected chi connectivity index (χ4v) is 0.747. The van der Waals surface area contributed by atoms with Gasteiger partial charge in [0.05, 0.1) is 11.4 Å². The van der Waals surface area contributed by atoms with E-state index in [9.17, 15) is 0 Å². The molecule has 2 heterocycles. The summed E-state index contributed by atoms with van der Waals surface area (Å²) in [6.07, 6.45) is 10.1. The predicted octanol–water partition coefficient (Wildman–Crippen LogP) is 1.04. The molecule has 6 N–H and O–H groups in total. The number of hydrogen-bond acceptors (Lipinski definition) is 6. The maximum Gasteiger partial charge on any atom is 2.00 e. The first-order valence-corrected chi connectivity index (χ1v) is 5.91. The Bertz CT molecular complexity index is 472. The number of nitrogens with zero attached hydrogens (tertiary/aromatic N) is 6. The number of hydrogen-bond donors (Lipinski definition) is 0. The van der Waals surface area contributed by atoms with E-state index >= 15 is 0 Å². The molecule has 11 heteroatoms. The van der Waals surface area contributed by atoms with Crippen LogP contribution in [0.4, 0.5) is 0 Å². The summed E-state index contributed by atoms with van der Waals surface area (Å²) in [5.74, 6) is 0. The summed E-state index contributed by atoms with van der Waals surface area (Å²) >= 11 is 7.40. The van der Waals surface area contributed by atoms with Gasteiger partial charge in [-0.1, -0.05) is 24.4 Å². The van der Waals surface area contributed by atoms with Gasteiger partial charge in [0.25, 0.3) is 0 Å². The Hall–Kier alpha value is -1.81. The van der Waals surface area contributed by atoms with Gasteiger partial charge in [-0.2, -0.15) is 10.3 Å². The van der Waals surface area contributed by atoms with Crippen molar-refractivity contribution in [2.45, 2.75) is 13.8 Å². The molecule has 0 unspecified atom stereocenters. The van der Waals surface area contributed by atoms with Crippen LogP contribution in [-0.4, -0.2) is 30.3 Å². The Morgan fingerprint density at radius 2 is 1.04 bits per heavy atom. The average Bonchev–Trinajstić information content (AvgIpc) is 2.43. The van der Waals surface area contributed by atoms with E-state index in [1.807, 2.05) is 13.8 Å². The minimum atomic E-state index is 0. The van der Waals surface area contributed by atoms with Crippen molar-refractivity contribution < 1.29 is 27.7 Å². The Kier molecular flexibility index (Phi) is 40.6. The maximum absolute atomic E-state index is 7.13. The fraction of sp³-hybridized carbons (Fsp3) is 0.167.